The van der Waals surface area contributed by atoms with Crippen molar-refractivity contribution in [3.8, 4) is 0 Å². The Bertz CT molecular complexity index is 370. The minimum Gasteiger partial charge on any atom is -0.385 e. The third kappa shape index (κ3) is 3.44. The fraction of sp³-hybridized carbons (Fsp3) is 0.571. The molecule has 2 rings (SSSR count). The highest BCUT2D eigenvalue weighted by atomic mass is 35.5. The Morgan fingerprint density at radius 2 is 2.12 bits per heavy atom. The van der Waals surface area contributed by atoms with Crippen molar-refractivity contribution in [2.45, 2.75) is 31.8 Å². The predicted molar refractivity (Wildman–Crippen MR) is 69.2 cm³/mol. The maximum atomic E-state index is 10.6. The lowest BCUT2D eigenvalue weighted by molar-refractivity contribution is -0.00303. The molecule has 1 unspecified atom stereocenters. The third-order valence-electron chi connectivity index (χ3n) is 3.47. The van der Waals surface area contributed by atoms with Crippen LogP contribution in [-0.2, 0) is 10.3 Å². The second-order valence-electron chi connectivity index (χ2n) is 5.04. The lowest BCUT2D eigenvalue weighted by Gasteiger charge is -2.31. The zero-order valence-electron chi connectivity index (χ0n) is 10.2. The third-order valence-corrected chi connectivity index (χ3v) is 3.71. The van der Waals surface area contributed by atoms with Gasteiger partial charge in [-0.05, 0) is 49.8 Å². The van der Waals surface area contributed by atoms with Crippen LogP contribution in [-0.4, -0.2) is 18.3 Å². The molecule has 1 saturated heterocycles. The van der Waals surface area contributed by atoms with Crippen LogP contribution in [0.25, 0.3) is 0 Å². The van der Waals surface area contributed by atoms with E-state index in [1.807, 2.05) is 31.2 Å². The molecule has 1 heterocycles. The van der Waals surface area contributed by atoms with Crippen molar-refractivity contribution >= 4 is 11.6 Å². The fourth-order valence-electron chi connectivity index (χ4n) is 2.45. The van der Waals surface area contributed by atoms with Gasteiger partial charge in [0, 0.05) is 18.2 Å². The van der Waals surface area contributed by atoms with Crippen molar-refractivity contribution in [1.82, 2.24) is 0 Å². The molecule has 1 N–H and O–H groups in total. The Labute approximate surface area is 108 Å². The second kappa shape index (κ2) is 5.38. The van der Waals surface area contributed by atoms with Gasteiger partial charge in [0.25, 0.3) is 0 Å². The first kappa shape index (κ1) is 12.9. The zero-order chi connectivity index (χ0) is 12.3. The van der Waals surface area contributed by atoms with Crippen molar-refractivity contribution in [3.05, 3.63) is 34.9 Å². The highest BCUT2D eigenvalue weighted by Crippen LogP contribution is 2.33. The minimum atomic E-state index is -0.799. The molecule has 0 bridgehead atoms. The normalized spacial score (nSPS) is 21.1. The maximum Gasteiger partial charge on any atom is 0.0871 e. The molecule has 1 aliphatic heterocycles. The molecule has 17 heavy (non-hydrogen) atoms. The molecule has 3 heteroatoms. The second-order valence-corrected chi connectivity index (χ2v) is 5.48. The maximum absolute atomic E-state index is 10.6. The van der Waals surface area contributed by atoms with Crippen LogP contribution in [0.2, 0.25) is 5.02 Å². The van der Waals surface area contributed by atoms with E-state index in [-0.39, 0.29) is 0 Å². The van der Waals surface area contributed by atoms with E-state index in [0.29, 0.717) is 10.9 Å². The summed E-state index contributed by atoms with van der Waals surface area (Å²) in [7, 11) is 0. The first-order valence-electron chi connectivity index (χ1n) is 6.14. The lowest BCUT2D eigenvalue weighted by Crippen LogP contribution is -2.28. The summed E-state index contributed by atoms with van der Waals surface area (Å²) in [5.74, 6) is 0.540. The van der Waals surface area contributed by atoms with Gasteiger partial charge in [0.1, 0.15) is 0 Å². The van der Waals surface area contributed by atoms with E-state index in [0.717, 1.165) is 38.0 Å². The first-order chi connectivity index (χ1) is 8.08. The van der Waals surface area contributed by atoms with Gasteiger partial charge in [0.05, 0.1) is 5.60 Å². The van der Waals surface area contributed by atoms with Crippen molar-refractivity contribution in [2.24, 2.45) is 5.92 Å². The highest BCUT2D eigenvalue weighted by Gasteiger charge is 2.28. The van der Waals surface area contributed by atoms with E-state index < -0.39 is 5.60 Å². The summed E-state index contributed by atoms with van der Waals surface area (Å²) < 4.78 is 5.34. The summed E-state index contributed by atoms with van der Waals surface area (Å²) in [6.07, 6.45) is 2.85. The fourth-order valence-corrected chi connectivity index (χ4v) is 2.64. The van der Waals surface area contributed by atoms with E-state index in [9.17, 15) is 5.11 Å². The molecule has 1 atom stereocenters. The molecule has 0 spiro atoms. The molecule has 0 saturated carbocycles. The number of ether oxygens (including phenoxy) is 1. The van der Waals surface area contributed by atoms with E-state index in [1.165, 1.54) is 0 Å². The number of hydrogen-bond acceptors (Lipinski definition) is 2. The average Bonchev–Trinajstić information content (AvgIpc) is 2.30. The number of hydrogen-bond donors (Lipinski definition) is 1. The standard InChI is InChI=1S/C14H19ClO2/c1-14(16,10-11-5-7-17-8-6-11)12-3-2-4-13(15)9-12/h2-4,9,11,16H,5-8,10H2,1H3. The monoisotopic (exact) mass is 254 g/mol. The van der Waals surface area contributed by atoms with Crippen molar-refractivity contribution in [1.29, 1.82) is 0 Å². The largest absolute Gasteiger partial charge is 0.385 e. The molecule has 1 aromatic carbocycles. The number of aliphatic hydroxyl groups is 1. The molecule has 0 aliphatic carbocycles. The molecule has 0 radical (unpaired) electrons. The van der Waals surface area contributed by atoms with Crippen molar-refractivity contribution in [3.63, 3.8) is 0 Å². The van der Waals surface area contributed by atoms with Gasteiger partial charge < -0.3 is 9.84 Å². The van der Waals surface area contributed by atoms with Crippen LogP contribution in [0, 0.1) is 5.92 Å². The van der Waals surface area contributed by atoms with Crippen LogP contribution in [0.4, 0.5) is 0 Å². The SMILES string of the molecule is CC(O)(CC1CCOCC1)c1cccc(Cl)c1. The summed E-state index contributed by atoms with van der Waals surface area (Å²) in [4.78, 5) is 0. The molecular formula is C14H19ClO2. The van der Waals surface area contributed by atoms with Gasteiger partial charge in [-0.25, -0.2) is 0 Å². The van der Waals surface area contributed by atoms with E-state index >= 15 is 0 Å². The quantitative estimate of drug-likeness (QED) is 0.896. The molecule has 0 amide bonds. The van der Waals surface area contributed by atoms with Crippen molar-refractivity contribution in [2.75, 3.05) is 13.2 Å². The summed E-state index contributed by atoms with van der Waals surface area (Å²) in [5, 5.41) is 11.2. The van der Waals surface area contributed by atoms with Crippen LogP contribution in [0.15, 0.2) is 24.3 Å². The molecule has 1 fully saturated rings. The van der Waals surface area contributed by atoms with Crippen LogP contribution in [0.5, 0.6) is 0 Å². The Kier molecular flexibility index (Phi) is 4.08. The van der Waals surface area contributed by atoms with Gasteiger partial charge in [-0.3, -0.25) is 0 Å². The molecule has 2 nitrogen and oxygen atoms in total. The number of halogens is 1. The van der Waals surface area contributed by atoms with E-state index in [2.05, 4.69) is 0 Å². The molecule has 1 aromatic rings. The van der Waals surface area contributed by atoms with Gasteiger partial charge in [0.2, 0.25) is 0 Å². The predicted octanol–water partition coefficient (Wildman–Crippen LogP) is 3.36. The summed E-state index contributed by atoms with van der Waals surface area (Å²) in [6.45, 7) is 3.50. The summed E-state index contributed by atoms with van der Waals surface area (Å²) in [6, 6.07) is 7.50. The van der Waals surface area contributed by atoms with Gasteiger partial charge >= 0.3 is 0 Å². The van der Waals surface area contributed by atoms with Gasteiger partial charge in [-0.2, -0.15) is 0 Å². The van der Waals surface area contributed by atoms with Gasteiger partial charge in [-0.15, -0.1) is 0 Å². The van der Waals surface area contributed by atoms with Gasteiger partial charge in [-0.1, -0.05) is 23.7 Å². The summed E-state index contributed by atoms with van der Waals surface area (Å²) >= 11 is 5.96. The highest BCUT2D eigenvalue weighted by molar-refractivity contribution is 6.30. The van der Waals surface area contributed by atoms with E-state index in [1.54, 1.807) is 0 Å². The smallest absolute Gasteiger partial charge is 0.0871 e. The Balaban J connectivity index is 2.06. The number of benzene rings is 1. The zero-order valence-corrected chi connectivity index (χ0v) is 10.9. The van der Waals surface area contributed by atoms with Crippen LogP contribution in [0.1, 0.15) is 31.7 Å². The molecule has 1 aliphatic rings. The Morgan fingerprint density at radius 1 is 1.41 bits per heavy atom. The molecular weight excluding hydrogens is 236 g/mol. The Hall–Kier alpha value is -0.570. The van der Waals surface area contributed by atoms with Crippen LogP contribution < -0.4 is 0 Å². The number of rotatable bonds is 3. The van der Waals surface area contributed by atoms with Crippen LogP contribution >= 0.6 is 11.6 Å². The summed E-state index contributed by atoms with van der Waals surface area (Å²) in [5.41, 5.74) is 0.101. The van der Waals surface area contributed by atoms with E-state index in [4.69, 9.17) is 16.3 Å². The average molecular weight is 255 g/mol. The first-order valence-corrected chi connectivity index (χ1v) is 6.52. The minimum absolute atomic E-state index is 0.540. The van der Waals surface area contributed by atoms with Gasteiger partial charge in [0.15, 0.2) is 0 Å². The molecule has 94 valence electrons. The lowest BCUT2D eigenvalue weighted by atomic mass is 9.83. The topological polar surface area (TPSA) is 29.5 Å². The van der Waals surface area contributed by atoms with Crippen molar-refractivity contribution < 1.29 is 9.84 Å². The van der Waals surface area contributed by atoms with Crippen LogP contribution in [0.3, 0.4) is 0 Å². The Morgan fingerprint density at radius 3 is 2.76 bits per heavy atom. The molecule has 0 aromatic heterocycles.